The van der Waals surface area contributed by atoms with Crippen LogP contribution in [0, 0.1) is 6.92 Å². The number of carbonyl (C=O) groups is 2. The van der Waals surface area contributed by atoms with Crippen molar-refractivity contribution >= 4 is 29.9 Å². The SMILES string of the molecule is Cc1cccc(N(CCC(N)=O)C(=O)c2coc(CN)c2)c1.Cl. The van der Waals surface area contributed by atoms with E-state index in [0.29, 0.717) is 17.0 Å². The van der Waals surface area contributed by atoms with Crippen molar-refractivity contribution in [2.24, 2.45) is 11.5 Å². The van der Waals surface area contributed by atoms with E-state index in [1.165, 1.54) is 11.2 Å². The predicted molar refractivity (Wildman–Crippen MR) is 90.5 cm³/mol. The summed E-state index contributed by atoms with van der Waals surface area (Å²) in [5.74, 6) is -0.182. The van der Waals surface area contributed by atoms with Crippen LogP contribution in [-0.2, 0) is 11.3 Å². The van der Waals surface area contributed by atoms with Crippen molar-refractivity contribution in [3.8, 4) is 0 Å². The number of amides is 2. The van der Waals surface area contributed by atoms with Crippen LogP contribution in [0.3, 0.4) is 0 Å². The molecule has 23 heavy (non-hydrogen) atoms. The molecule has 0 saturated carbocycles. The number of nitrogens with two attached hydrogens (primary N) is 2. The molecular formula is C16H20ClN3O3. The number of benzene rings is 1. The standard InChI is InChI=1S/C16H19N3O3.ClH/c1-11-3-2-4-13(7-11)19(6-5-15(18)20)16(21)12-8-14(9-17)22-10-12;/h2-4,7-8,10H,5-6,9,17H2,1H3,(H2,18,20);1H. The van der Waals surface area contributed by atoms with Gasteiger partial charge in [0, 0.05) is 18.7 Å². The fraction of sp³-hybridized carbons (Fsp3) is 0.250. The predicted octanol–water partition coefficient (Wildman–Crippen LogP) is 1.99. The smallest absolute Gasteiger partial charge is 0.261 e. The first kappa shape index (κ1) is 18.7. The summed E-state index contributed by atoms with van der Waals surface area (Å²) in [6.07, 6.45) is 1.46. The lowest BCUT2D eigenvalue weighted by atomic mass is 10.1. The number of hydrogen-bond acceptors (Lipinski definition) is 4. The quantitative estimate of drug-likeness (QED) is 0.841. The molecule has 0 aliphatic heterocycles. The van der Waals surface area contributed by atoms with Gasteiger partial charge in [-0.05, 0) is 30.7 Å². The van der Waals surface area contributed by atoms with Crippen LogP contribution in [0.25, 0.3) is 0 Å². The molecule has 1 aromatic carbocycles. The van der Waals surface area contributed by atoms with E-state index >= 15 is 0 Å². The van der Waals surface area contributed by atoms with Crippen molar-refractivity contribution in [3.63, 3.8) is 0 Å². The van der Waals surface area contributed by atoms with Crippen molar-refractivity contribution in [3.05, 3.63) is 53.5 Å². The third-order valence-corrected chi connectivity index (χ3v) is 3.24. The molecule has 0 aliphatic carbocycles. The second kappa shape index (κ2) is 8.36. The molecule has 2 amide bonds. The normalized spacial score (nSPS) is 10.0. The van der Waals surface area contributed by atoms with Gasteiger partial charge in [0.2, 0.25) is 5.91 Å². The molecule has 0 atom stereocenters. The molecule has 1 heterocycles. The molecule has 2 rings (SSSR count). The topological polar surface area (TPSA) is 103 Å². The average Bonchev–Trinajstić information content (AvgIpc) is 2.96. The lowest BCUT2D eigenvalue weighted by Gasteiger charge is -2.22. The third-order valence-electron chi connectivity index (χ3n) is 3.24. The second-order valence-corrected chi connectivity index (χ2v) is 5.02. The zero-order chi connectivity index (χ0) is 16.1. The Balaban J connectivity index is 0.00000264. The molecule has 0 fully saturated rings. The maximum absolute atomic E-state index is 12.7. The third kappa shape index (κ3) is 4.84. The zero-order valence-electron chi connectivity index (χ0n) is 12.8. The van der Waals surface area contributed by atoms with Crippen LogP contribution >= 0.6 is 12.4 Å². The van der Waals surface area contributed by atoms with Crippen molar-refractivity contribution < 1.29 is 14.0 Å². The molecule has 4 N–H and O–H groups in total. The summed E-state index contributed by atoms with van der Waals surface area (Å²) >= 11 is 0. The van der Waals surface area contributed by atoms with Crippen LogP contribution < -0.4 is 16.4 Å². The number of furan rings is 1. The van der Waals surface area contributed by atoms with Crippen LogP contribution in [0.2, 0.25) is 0 Å². The van der Waals surface area contributed by atoms with Gasteiger partial charge >= 0.3 is 0 Å². The van der Waals surface area contributed by atoms with E-state index in [2.05, 4.69) is 0 Å². The first-order valence-electron chi connectivity index (χ1n) is 6.95. The molecule has 1 aromatic heterocycles. The first-order valence-corrected chi connectivity index (χ1v) is 6.95. The van der Waals surface area contributed by atoms with Gasteiger partial charge in [0.25, 0.3) is 5.91 Å². The molecule has 0 saturated heterocycles. The first-order chi connectivity index (χ1) is 10.5. The van der Waals surface area contributed by atoms with E-state index < -0.39 is 5.91 Å². The summed E-state index contributed by atoms with van der Waals surface area (Å²) in [4.78, 5) is 25.2. The highest BCUT2D eigenvalue weighted by atomic mass is 35.5. The Morgan fingerprint density at radius 3 is 2.57 bits per heavy atom. The maximum atomic E-state index is 12.7. The van der Waals surface area contributed by atoms with E-state index in [4.69, 9.17) is 15.9 Å². The molecule has 6 nitrogen and oxygen atoms in total. The van der Waals surface area contributed by atoms with Gasteiger partial charge in [-0.2, -0.15) is 0 Å². The highest BCUT2D eigenvalue weighted by Crippen LogP contribution is 2.20. The Morgan fingerprint density at radius 2 is 2.00 bits per heavy atom. The fourth-order valence-electron chi connectivity index (χ4n) is 2.12. The number of hydrogen-bond donors (Lipinski definition) is 2. The van der Waals surface area contributed by atoms with Gasteiger partial charge in [0.1, 0.15) is 12.0 Å². The van der Waals surface area contributed by atoms with E-state index in [-0.39, 0.29) is 37.8 Å². The number of nitrogens with zero attached hydrogens (tertiary/aromatic N) is 1. The number of carbonyl (C=O) groups excluding carboxylic acids is 2. The summed E-state index contributed by atoms with van der Waals surface area (Å²) in [7, 11) is 0. The van der Waals surface area contributed by atoms with Crippen LogP contribution in [0.1, 0.15) is 28.1 Å². The van der Waals surface area contributed by atoms with Gasteiger partial charge in [-0.3, -0.25) is 9.59 Å². The van der Waals surface area contributed by atoms with E-state index in [9.17, 15) is 9.59 Å². The van der Waals surface area contributed by atoms with Gasteiger partial charge in [0.15, 0.2) is 0 Å². The molecule has 0 spiro atoms. The molecule has 2 aromatic rings. The fourth-order valence-corrected chi connectivity index (χ4v) is 2.12. The summed E-state index contributed by atoms with van der Waals surface area (Å²) in [6.45, 7) is 2.37. The lowest BCUT2D eigenvalue weighted by molar-refractivity contribution is -0.117. The van der Waals surface area contributed by atoms with Crippen molar-refractivity contribution in [2.45, 2.75) is 19.9 Å². The Hall–Kier alpha value is -2.31. The molecule has 0 radical (unpaired) electrons. The van der Waals surface area contributed by atoms with Gasteiger partial charge in [-0.15, -0.1) is 12.4 Å². The van der Waals surface area contributed by atoms with Crippen LogP contribution in [0.15, 0.2) is 41.0 Å². The van der Waals surface area contributed by atoms with Crippen LogP contribution in [-0.4, -0.2) is 18.4 Å². The Bertz CT molecular complexity index is 685. The van der Waals surface area contributed by atoms with Crippen molar-refractivity contribution in [1.29, 1.82) is 0 Å². The Kier molecular flexibility index (Phi) is 6.81. The monoisotopic (exact) mass is 337 g/mol. The molecule has 0 unspecified atom stereocenters. The molecule has 124 valence electrons. The largest absolute Gasteiger partial charge is 0.467 e. The number of primary amides is 1. The van der Waals surface area contributed by atoms with Gasteiger partial charge in [-0.25, -0.2) is 0 Å². The highest BCUT2D eigenvalue weighted by Gasteiger charge is 2.20. The van der Waals surface area contributed by atoms with Gasteiger partial charge < -0.3 is 20.8 Å². The molecule has 0 bridgehead atoms. The summed E-state index contributed by atoms with van der Waals surface area (Å²) in [5.41, 5.74) is 12.8. The Labute approximate surface area is 140 Å². The van der Waals surface area contributed by atoms with Gasteiger partial charge in [0.05, 0.1) is 12.1 Å². The highest BCUT2D eigenvalue weighted by molar-refractivity contribution is 6.06. The molecular weight excluding hydrogens is 318 g/mol. The van der Waals surface area contributed by atoms with E-state index in [1.807, 2.05) is 31.2 Å². The minimum Gasteiger partial charge on any atom is -0.467 e. The molecule has 7 heteroatoms. The maximum Gasteiger partial charge on any atom is 0.261 e. The van der Waals surface area contributed by atoms with Gasteiger partial charge in [-0.1, -0.05) is 12.1 Å². The Morgan fingerprint density at radius 1 is 1.26 bits per heavy atom. The summed E-state index contributed by atoms with van der Waals surface area (Å²) in [5, 5.41) is 0. The minimum atomic E-state index is -0.458. The lowest BCUT2D eigenvalue weighted by Crippen LogP contribution is -2.34. The van der Waals surface area contributed by atoms with Crippen LogP contribution in [0.4, 0.5) is 5.69 Å². The minimum absolute atomic E-state index is 0. The second-order valence-electron chi connectivity index (χ2n) is 5.02. The summed E-state index contributed by atoms with van der Waals surface area (Å²) < 4.78 is 5.21. The van der Waals surface area contributed by atoms with Crippen molar-refractivity contribution in [2.75, 3.05) is 11.4 Å². The van der Waals surface area contributed by atoms with Crippen LogP contribution in [0.5, 0.6) is 0 Å². The number of rotatable bonds is 6. The molecule has 0 aliphatic rings. The summed E-state index contributed by atoms with van der Waals surface area (Å²) in [6, 6.07) is 9.09. The van der Waals surface area contributed by atoms with Crippen molar-refractivity contribution in [1.82, 2.24) is 0 Å². The number of anilines is 1. The van der Waals surface area contributed by atoms with E-state index in [0.717, 1.165) is 5.56 Å². The number of halogens is 1. The number of aryl methyl sites for hydroxylation is 1. The zero-order valence-corrected chi connectivity index (χ0v) is 13.6. The average molecular weight is 338 g/mol. The van der Waals surface area contributed by atoms with E-state index in [1.54, 1.807) is 6.07 Å².